The number of hydrogen-bond donors (Lipinski definition) is 2. The van der Waals surface area contributed by atoms with Crippen LogP contribution in [0.25, 0.3) is 0 Å². The van der Waals surface area contributed by atoms with E-state index in [9.17, 15) is 14.9 Å². The highest BCUT2D eigenvalue weighted by molar-refractivity contribution is 5.77. The minimum absolute atomic E-state index is 0.00337. The summed E-state index contributed by atoms with van der Waals surface area (Å²) in [4.78, 5) is 21.6. The molecule has 0 unspecified atom stereocenters. The summed E-state index contributed by atoms with van der Waals surface area (Å²) in [6.07, 6.45) is 0. The van der Waals surface area contributed by atoms with Gasteiger partial charge in [0, 0.05) is 31.3 Å². The number of benzene rings is 1. The van der Waals surface area contributed by atoms with Gasteiger partial charge in [0.15, 0.2) is 6.61 Å². The molecule has 0 saturated carbocycles. The van der Waals surface area contributed by atoms with E-state index < -0.39 is 4.92 Å². The van der Waals surface area contributed by atoms with Gasteiger partial charge in [0.2, 0.25) is 0 Å². The first kappa shape index (κ1) is 16.9. The Morgan fingerprint density at radius 2 is 2.14 bits per heavy atom. The Hall–Kier alpha value is -2.15. The van der Waals surface area contributed by atoms with Gasteiger partial charge < -0.3 is 15.4 Å². The summed E-state index contributed by atoms with van der Waals surface area (Å²) in [5.41, 5.74) is 0.664. The average molecular weight is 295 g/mol. The van der Waals surface area contributed by atoms with Crippen LogP contribution in [-0.2, 0) is 11.3 Å². The van der Waals surface area contributed by atoms with Crippen LogP contribution < -0.4 is 15.4 Å². The van der Waals surface area contributed by atoms with Crippen molar-refractivity contribution in [3.63, 3.8) is 0 Å². The molecule has 0 aromatic heterocycles. The highest BCUT2D eigenvalue weighted by Gasteiger charge is 2.12. The number of nitro benzene ring substituents is 1. The number of ether oxygens (including phenoxy) is 1. The number of carbonyl (C=O) groups excluding carboxylic acids is 1. The second-order valence-electron chi connectivity index (χ2n) is 5.04. The molecule has 1 amide bonds. The number of nitrogens with one attached hydrogen (secondary N) is 2. The van der Waals surface area contributed by atoms with Crippen molar-refractivity contribution in [2.45, 2.75) is 20.4 Å². The van der Waals surface area contributed by atoms with Crippen molar-refractivity contribution < 1.29 is 14.5 Å². The second kappa shape index (κ2) is 8.21. The SMILES string of the molecule is CNC(=O)COc1ccc([N+](=O)[O-])cc1CNCC(C)C. The number of likely N-dealkylation sites (N-methyl/N-ethyl adjacent to an activating group) is 1. The van der Waals surface area contributed by atoms with Gasteiger partial charge in [0.1, 0.15) is 5.75 Å². The maximum absolute atomic E-state index is 11.2. The van der Waals surface area contributed by atoms with Crippen molar-refractivity contribution in [2.75, 3.05) is 20.2 Å². The first-order chi connectivity index (χ1) is 9.93. The lowest BCUT2D eigenvalue weighted by molar-refractivity contribution is -0.384. The van der Waals surface area contributed by atoms with E-state index >= 15 is 0 Å². The molecule has 116 valence electrons. The van der Waals surface area contributed by atoms with Gasteiger partial charge in [-0.05, 0) is 18.5 Å². The number of rotatable bonds is 8. The Morgan fingerprint density at radius 3 is 2.71 bits per heavy atom. The fourth-order valence-electron chi connectivity index (χ4n) is 1.67. The molecule has 7 nitrogen and oxygen atoms in total. The zero-order chi connectivity index (χ0) is 15.8. The first-order valence-corrected chi connectivity index (χ1v) is 6.75. The predicted molar refractivity (Wildman–Crippen MR) is 79.2 cm³/mol. The van der Waals surface area contributed by atoms with Gasteiger partial charge in [-0.3, -0.25) is 14.9 Å². The van der Waals surface area contributed by atoms with Gasteiger partial charge in [-0.25, -0.2) is 0 Å². The van der Waals surface area contributed by atoms with Crippen LogP contribution in [0.5, 0.6) is 5.75 Å². The molecule has 1 aromatic carbocycles. The maximum atomic E-state index is 11.2. The number of carbonyl (C=O) groups is 1. The largest absolute Gasteiger partial charge is 0.483 e. The lowest BCUT2D eigenvalue weighted by Crippen LogP contribution is -2.25. The molecule has 2 N–H and O–H groups in total. The molecule has 0 spiro atoms. The number of non-ortho nitro benzene ring substituents is 1. The minimum Gasteiger partial charge on any atom is -0.483 e. The van der Waals surface area contributed by atoms with Gasteiger partial charge in [0.05, 0.1) is 4.92 Å². The topological polar surface area (TPSA) is 93.5 Å². The van der Waals surface area contributed by atoms with Crippen LogP contribution in [0.15, 0.2) is 18.2 Å². The Bertz CT molecular complexity index is 503. The quantitative estimate of drug-likeness (QED) is 0.559. The van der Waals surface area contributed by atoms with E-state index in [1.807, 2.05) is 0 Å². The van der Waals surface area contributed by atoms with Gasteiger partial charge in [0.25, 0.3) is 11.6 Å². The molecule has 0 aliphatic carbocycles. The van der Waals surface area contributed by atoms with Crippen LogP contribution in [-0.4, -0.2) is 31.0 Å². The molecule has 0 radical (unpaired) electrons. The van der Waals surface area contributed by atoms with E-state index in [4.69, 9.17) is 4.74 Å². The van der Waals surface area contributed by atoms with Crippen LogP contribution in [0.2, 0.25) is 0 Å². The van der Waals surface area contributed by atoms with Crippen molar-refractivity contribution in [2.24, 2.45) is 5.92 Å². The number of hydrogen-bond acceptors (Lipinski definition) is 5. The smallest absolute Gasteiger partial charge is 0.270 e. The first-order valence-electron chi connectivity index (χ1n) is 6.75. The molecule has 0 saturated heterocycles. The molecule has 0 aliphatic rings. The van der Waals surface area contributed by atoms with Crippen molar-refractivity contribution in [1.82, 2.24) is 10.6 Å². The third kappa shape index (κ3) is 5.78. The van der Waals surface area contributed by atoms with Crippen LogP contribution in [0.4, 0.5) is 5.69 Å². The highest BCUT2D eigenvalue weighted by Crippen LogP contribution is 2.24. The molecule has 0 atom stereocenters. The van der Waals surface area contributed by atoms with E-state index in [2.05, 4.69) is 24.5 Å². The fraction of sp³-hybridized carbons (Fsp3) is 0.500. The van der Waals surface area contributed by atoms with Gasteiger partial charge >= 0.3 is 0 Å². The van der Waals surface area contributed by atoms with Gasteiger partial charge in [-0.2, -0.15) is 0 Å². The summed E-state index contributed by atoms with van der Waals surface area (Å²) >= 11 is 0. The second-order valence-corrected chi connectivity index (χ2v) is 5.04. The third-order valence-corrected chi connectivity index (χ3v) is 2.76. The van der Waals surface area contributed by atoms with Crippen molar-refractivity contribution in [3.05, 3.63) is 33.9 Å². The van der Waals surface area contributed by atoms with E-state index in [-0.39, 0.29) is 18.2 Å². The molecule has 0 bridgehead atoms. The summed E-state index contributed by atoms with van der Waals surface area (Å²) < 4.78 is 5.41. The maximum Gasteiger partial charge on any atom is 0.270 e. The molecule has 0 fully saturated rings. The van der Waals surface area contributed by atoms with Gasteiger partial charge in [-0.15, -0.1) is 0 Å². The molecule has 21 heavy (non-hydrogen) atoms. The highest BCUT2D eigenvalue weighted by atomic mass is 16.6. The lowest BCUT2D eigenvalue weighted by Gasteiger charge is -2.12. The van der Waals surface area contributed by atoms with E-state index in [0.29, 0.717) is 23.8 Å². The standard InChI is InChI=1S/C14H21N3O4/c1-10(2)7-16-8-11-6-12(17(19)20)4-5-13(11)21-9-14(18)15-3/h4-6,10,16H,7-9H2,1-3H3,(H,15,18). The van der Waals surface area contributed by atoms with Crippen molar-refractivity contribution >= 4 is 11.6 Å². The van der Waals surface area contributed by atoms with Crippen molar-refractivity contribution in [1.29, 1.82) is 0 Å². The number of amides is 1. The van der Waals surface area contributed by atoms with Crippen LogP contribution in [0.3, 0.4) is 0 Å². The third-order valence-electron chi connectivity index (χ3n) is 2.76. The predicted octanol–water partition coefficient (Wildman–Crippen LogP) is 1.47. The Morgan fingerprint density at radius 1 is 1.43 bits per heavy atom. The number of nitro groups is 1. The van der Waals surface area contributed by atoms with E-state index in [0.717, 1.165) is 6.54 Å². The zero-order valence-corrected chi connectivity index (χ0v) is 12.5. The average Bonchev–Trinajstić information content (AvgIpc) is 2.44. The fourth-order valence-corrected chi connectivity index (χ4v) is 1.67. The molecule has 0 aliphatic heterocycles. The zero-order valence-electron chi connectivity index (χ0n) is 12.5. The summed E-state index contributed by atoms with van der Waals surface area (Å²) in [5.74, 6) is 0.689. The molecule has 1 aromatic rings. The summed E-state index contributed by atoms with van der Waals surface area (Å²) in [6, 6.07) is 4.35. The summed E-state index contributed by atoms with van der Waals surface area (Å²) in [7, 11) is 1.52. The van der Waals surface area contributed by atoms with Crippen LogP contribution in [0.1, 0.15) is 19.4 Å². The summed E-state index contributed by atoms with van der Waals surface area (Å²) in [5, 5.41) is 16.5. The molecular formula is C14H21N3O4. The Balaban J connectivity index is 2.83. The van der Waals surface area contributed by atoms with Crippen LogP contribution in [0, 0.1) is 16.0 Å². The molecular weight excluding hydrogens is 274 g/mol. The molecule has 7 heteroatoms. The minimum atomic E-state index is -0.450. The van der Waals surface area contributed by atoms with E-state index in [1.165, 1.54) is 25.2 Å². The number of nitrogens with zero attached hydrogens (tertiary/aromatic N) is 1. The monoisotopic (exact) mass is 295 g/mol. The summed E-state index contributed by atoms with van der Waals surface area (Å²) in [6.45, 7) is 5.26. The van der Waals surface area contributed by atoms with Gasteiger partial charge in [-0.1, -0.05) is 13.8 Å². The Labute approximate surface area is 123 Å². The van der Waals surface area contributed by atoms with Crippen LogP contribution >= 0.6 is 0 Å². The lowest BCUT2D eigenvalue weighted by atomic mass is 10.1. The van der Waals surface area contributed by atoms with Crippen molar-refractivity contribution in [3.8, 4) is 5.75 Å². The molecule has 1 rings (SSSR count). The molecule has 0 heterocycles. The Kier molecular flexibility index (Phi) is 6.61. The van der Waals surface area contributed by atoms with E-state index in [1.54, 1.807) is 0 Å². The normalized spacial score (nSPS) is 10.5.